The van der Waals surface area contributed by atoms with Crippen LogP contribution in [0.1, 0.15) is 27.7 Å². The van der Waals surface area contributed by atoms with E-state index in [1.54, 1.807) is 13.8 Å². The van der Waals surface area contributed by atoms with Crippen molar-refractivity contribution in [2.45, 2.75) is 46.0 Å². The molecule has 0 spiro atoms. The number of aliphatic hydroxyl groups excluding tert-OH is 1. The molecule has 96 valence electrons. The lowest BCUT2D eigenvalue weighted by Crippen LogP contribution is -2.25. The lowest BCUT2D eigenvalue weighted by molar-refractivity contribution is -0.0645. The minimum absolute atomic E-state index is 0.00861. The van der Waals surface area contributed by atoms with Gasteiger partial charge in [0.05, 0.1) is 37.3 Å². The van der Waals surface area contributed by atoms with Crippen LogP contribution >= 0.6 is 0 Å². The maximum absolute atomic E-state index is 9.03. The summed E-state index contributed by atoms with van der Waals surface area (Å²) in [6.45, 7) is 12.3. The first kappa shape index (κ1) is 15.4. The van der Waals surface area contributed by atoms with E-state index in [1.165, 1.54) is 0 Å². The third-order valence-corrected chi connectivity index (χ3v) is 1.80. The molecule has 0 radical (unpaired) electrons. The maximum atomic E-state index is 9.03. The molecule has 0 aromatic rings. The van der Waals surface area contributed by atoms with Gasteiger partial charge in [0.15, 0.2) is 0 Å². The van der Waals surface area contributed by atoms with Crippen LogP contribution in [0, 0.1) is 0 Å². The van der Waals surface area contributed by atoms with Crippen LogP contribution in [0.3, 0.4) is 0 Å². The zero-order valence-corrected chi connectivity index (χ0v) is 10.7. The number of allylic oxidation sites excluding steroid dienone is 1. The van der Waals surface area contributed by atoms with Crippen molar-refractivity contribution >= 4 is 0 Å². The molecule has 0 aliphatic carbocycles. The number of rotatable bonds is 9. The summed E-state index contributed by atoms with van der Waals surface area (Å²) in [4.78, 5) is 0. The van der Waals surface area contributed by atoms with E-state index in [-0.39, 0.29) is 12.2 Å². The molecule has 1 N–H and O–H groups in total. The van der Waals surface area contributed by atoms with Crippen LogP contribution in [-0.4, -0.2) is 43.2 Å². The number of ether oxygens (including phenoxy) is 3. The van der Waals surface area contributed by atoms with E-state index in [1.807, 2.05) is 13.8 Å². The Balaban J connectivity index is 3.50. The van der Waals surface area contributed by atoms with Crippen LogP contribution in [0.2, 0.25) is 0 Å². The van der Waals surface area contributed by atoms with Crippen molar-refractivity contribution in [2.75, 3.05) is 19.8 Å². The predicted molar refractivity (Wildman–Crippen MR) is 63.3 cm³/mol. The Morgan fingerprint density at radius 1 is 1.06 bits per heavy atom. The smallest absolute Gasteiger partial charge is 0.114 e. The molecule has 0 aromatic heterocycles. The normalized spacial score (nSPS) is 16.6. The second-order valence-electron chi connectivity index (χ2n) is 4.15. The van der Waals surface area contributed by atoms with Gasteiger partial charge in [-0.05, 0) is 27.7 Å². The summed E-state index contributed by atoms with van der Waals surface area (Å²) >= 11 is 0. The SMILES string of the molecule is C=C(C)OCC(C)OCC(C)OCC(C)O. The van der Waals surface area contributed by atoms with Crippen LogP contribution in [0.5, 0.6) is 0 Å². The highest BCUT2D eigenvalue weighted by molar-refractivity contribution is 4.74. The molecule has 0 bridgehead atoms. The Morgan fingerprint density at radius 2 is 1.56 bits per heavy atom. The van der Waals surface area contributed by atoms with Gasteiger partial charge in [0, 0.05) is 0 Å². The zero-order chi connectivity index (χ0) is 12.6. The van der Waals surface area contributed by atoms with Crippen LogP contribution in [0.25, 0.3) is 0 Å². The molecule has 3 atom stereocenters. The molecule has 16 heavy (non-hydrogen) atoms. The van der Waals surface area contributed by atoms with Crippen LogP contribution in [0.15, 0.2) is 12.3 Å². The molecule has 0 heterocycles. The quantitative estimate of drug-likeness (QED) is 0.615. The Labute approximate surface area is 98.2 Å². The average Bonchev–Trinajstić information content (AvgIpc) is 2.20. The molecule has 0 saturated carbocycles. The lowest BCUT2D eigenvalue weighted by Gasteiger charge is -2.18. The molecule has 0 rings (SSSR count). The van der Waals surface area contributed by atoms with Crippen LogP contribution in [-0.2, 0) is 14.2 Å². The molecule has 0 aliphatic heterocycles. The third kappa shape index (κ3) is 9.96. The largest absolute Gasteiger partial charge is 0.496 e. The summed E-state index contributed by atoms with van der Waals surface area (Å²) in [6.07, 6.45) is -0.456. The van der Waals surface area contributed by atoms with Gasteiger partial charge in [-0.25, -0.2) is 0 Å². The number of hydrogen-bond acceptors (Lipinski definition) is 4. The Kier molecular flexibility index (Phi) is 8.25. The summed E-state index contributed by atoms with van der Waals surface area (Å²) in [5.74, 6) is 0.689. The van der Waals surface area contributed by atoms with Crippen molar-refractivity contribution in [1.82, 2.24) is 0 Å². The summed E-state index contributed by atoms with van der Waals surface area (Å²) in [5, 5.41) is 9.03. The second-order valence-corrected chi connectivity index (χ2v) is 4.15. The monoisotopic (exact) mass is 232 g/mol. The first-order chi connectivity index (χ1) is 7.41. The fraction of sp³-hybridized carbons (Fsp3) is 0.833. The van der Waals surface area contributed by atoms with E-state index < -0.39 is 6.10 Å². The van der Waals surface area contributed by atoms with E-state index in [4.69, 9.17) is 19.3 Å². The number of hydrogen-bond donors (Lipinski definition) is 1. The van der Waals surface area contributed by atoms with Gasteiger partial charge in [-0.15, -0.1) is 0 Å². The van der Waals surface area contributed by atoms with Gasteiger partial charge in [-0.2, -0.15) is 0 Å². The van der Waals surface area contributed by atoms with E-state index >= 15 is 0 Å². The van der Waals surface area contributed by atoms with Crippen molar-refractivity contribution in [1.29, 1.82) is 0 Å². The molecule has 3 unspecified atom stereocenters. The van der Waals surface area contributed by atoms with Gasteiger partial charge < -0.3 is 19.3 Å². The van der Waals surface area contributed by atoms with Gasteiger partial charge in [0.1, 0.15) is 6.61 Å². The minimum atomic E-state index is -0.438. The van der Waals surface area contributed by atoms with E-state index in [0.29, 0.717) is 25.6 Å². The molecule has 0 amide bonds. The van der Waals surface area contributed by atoms with Crippen molar-refractivity contribution in [3.63, 3.8) is 0 Å². The van der Waals surface area contributed by atoms with Gasteiger partial charge in [0.25, 0.3) is 0 Å². The summed E-state index contributed by atoms with van der Waals surface area (Å²) < 4.78 is 16.1. The van der Waals surface area contributed by atoms with Gasteiger partial charge in [0.2, 0.25) is 0 Å². The van der Waals surface area contributed by atoms with E-state index in [9.17, 15) is 0 Å². The third-order valence-electron chi connectivity index (χ3n) is 1.80. The standard InChI is InChI=1S/C12H24O4/c1-9(2)14-7-11(4)16-8-12(5)15-6-10(3)13/h10-13H,1,6-8H2,2-5H3. The highest BCUT2D eigenvalue weighted by atomic mass is 16.6. The molecule has 0 fully saturated rings. The first-order valence-electron chi connectivity index (χ1n) is 5.61. The van der Waals surface area contributed by atoms with E-state index in [0.717, 1.165) is 0 Å². The van der Waals surface area contributed by atoms with Crippen LogP contribution in [0.4, 0.5) is 0 Å². The molecule has 4 heteroatoms. The molecule has 0 aromatic carbocycles. The first-order valence-corrected chi connectivity index (χ1v) is 5.61. The number of aliphatic hydroxyl groups is 1. The molecule has 0 aliphatic rings. The second kappa shape index (κ2) is 8.56. The van der Waals surface area contributed by atoms with E-state index in [2.05, 4.69) is 6.58 Å². The highest BCUT2D eigenvalue weighted by Gasteiger charge is 2.08. The predicted octanol–water partition coefficient (Wildman–Crippen LogP) is 1.73. The average molecular weight is 232 g/mol. The van der Waals surface area contributed by atoms with Crippen molar-refractivity contribution in [3.8, 4) is 0 Å². The lowest BCUT2D eigenvalue weighted by atomic mass is 10.4. The van der Waals surface area contributed by atoms with Crippen molar-refractivity contribution < 1.29 is 19.3 Å². The fourth-order valence-electron chi connectivity index (χ4n) is 0.959. The molecule has 0 saturated heterocycles. The zero-order valence-electron chi connectivity index (χ0n) is 10.7. The van der Waals surface area contributed by atoms with Gasteiger partial charge >= 0.3 is 0 Å². The summed E-state index contributed by atoms with van der Waals surface area (Å²) in [5.41, 5.74) is 0. The van der Waals surface area contributed by atoms with Crippen molar-refractivity contribution in [3.05, 3.63) is 12.3 Å². The minimum Gasteiger partial charge on any atom is -0.496 e. The Bertz CT molecular complexity index is 191. The maximum Gasteiger partial charge on any atom is 0.114 e. The topological polar surface area (TPSA) is 47.9 Å². The summed E-state index contributed by atoms with van der Waals surface area (Å²) in [7, 11) is 0. The van der Waals surface area contributed by atoms with Gasteiger partial charge in [-0.1, -0.05) is 6.58 Å². The Morgan fingerprint density at radius 3 is 2.06 bits per heavy atom. The molecular weight excluding hydrogens is 208 g/mol. The van der Waals surface area contributed by atoms with Crippen molar-refractivity contribution in [2.24, 2.45) is 0 Å². The molecular formula is C12H24O4. The highest BCUT2D eigenvalue weighted by Crippen LogP contribution is 2.00. The summed E-state index contributed by atoms with van der Waals surface area (Å²) in [6, 6.07) is 0. The Hall–Kier alpha value is -0.580. The van der Waals surface area contributed by atoms with Gasteiger partial charge in [-0.3, -0.25) is 0 Å². The molecule has 4 nitrogen and oxygen atoms in total. The van der Waals surface area contributed by atoms with Crippen LogP contribution < -0.4 is 0 Å². The fourth-order valence-corrected chi connectivity index (χ4v) is 0.959.